The summed E-state index contributed by atoms with van der Waals surface area (Å²) in [4.78, 5) is 4.20. The van der Waals surface area contributed by atoms with Crippen LogP contribution in [0.2, 0.25) is 0 Å². The van der Waals surface area contributed by atoms with Crippen molar-refractivity contribution < 1.29 is 0 Å². The number of nitrogens with zero attached hydrogens (tertiary/aromatic N) is 3. The monoisotopic (exact) mass is 182 g/mol. The third-order valence-electron chi connectivity index (χ3n) is 1.84. The third-order valence-corrected chi connectivity index (χ3v) is 1.84. The Bertz CT molecular complexity index is 242. The molecule has 0 aliphatic rings. The Balaban J connectivity index is 2.55. The van der Waals surface area contributed by atoms with Gasteiger partial charge in [0.1, 0.15) is 12.2 Å². The highest BCUT2D eigenvalue weighted by Gasteiger charge is 2.04. The van der Waals surface area contributed by atoms with Crippen molar-refractivity contribution in [2.75, 3.05) is 6.54 Å². The van der Waals surface area contributed by atoms with Gasteiger partial charge in [0.05, 0.1) is 0 Å². The molecule has 4 nitrogen and oxygen atoms in total. The first-order chi connectivity index (χ1) is 6.24. The molecule has 0 aliphatic heterocycles. The minimum atomic E-state index is 0.610. The van der Waals surface area contributed by atoms with Crippen molar-refractivity contribution in [3.05, 3.63) is 12.2 Å². The zero-order valence-electron chi connectivity index (χ0n) is 8.40. The molecule has 0 radical (unpaired) electrons. The van der Waals surface area contributed by atoms with Gasteiger partial charge >= 0.3 is 0 Å². The molecule has 1 aromatic rings. The summed E-state index contributed by atoms with van der Waals surface area (Å²) in [6, 6.07) is 0. The van der Waals surface area contributed by atoms with E-state index in [-0.39, 0.29) is 0 Å². The van der Waals surface area contributed by atoms with Crippen molar-refractivity contribution in [1.29, 1.82) is 0 Å². The van der Waals surface area contributed by atoms with E-state index in [1.165, 1.54) is 0 Å². The number of rotatable bonds is 5. The van der Waals surface area contributed by atoms with Crippen LogP contribution in [0.25, 0.3) is 0 Å². The highest BCUT2D eigenvalue weighted by atomic mass is 15.3. The number of nitrogens with two attached hydrogens (primary N) is 1. The van der Waals surface area contributed by atoms with Gasteiger partial charge in [0, 0.05) is 13.0 Å². The molecule has 0 unspecified atom stereocenters. The Labute approximate surface area is 79.2 Å². The van der Waals surface area contributed by atoms with E-state index in [2.05, 4.69) is 23.9 Å². The number of hydrogen-bond acceptors (Lipinski definition) is 3. The maximum Gasteiger partial charge on any atom is 0.138 e. The standard InChI is InChI=1S/C9H18N4/c1-8(2)6-13-9(4-3-5-10)11-7-12-13/h7-8H,3-6,10H2,1-2H3. The van der Waals surface area contributed by atoms with E-state index in [1.807, 2.05) is 4.68 Å². The van der Waals surface area contributed by atoms with Crippen LogP contribution >= 0.6 is 0 Å². The molecule has 1 aromatic heterocycles. The highest BCUT2D eigenvalue weighted by molar-refractivity contribution is 4.84. The molecular formula is C9H18N4. The Kier molecular flexibility index (Phi) is 3.89. The van der Waals surface area contributed by atoms with E-state index < -0.39 is 0 Å². The molecule has 1 rings (SSSR count). The Morgan fingerprint density at radius 2 is 2.31 bits per heavy atom. The normalized spacial score (nSPS) is 11.1. The van der Waals surface area contributed by atoms with E-state index in [0.29, 0.717) is 12.5 Å². The second-order valence-electron chi connectivity index (χ2n) is 3.64. The van der Waals surface area contributed by atoms with E-state index in [0.717, 1.165) is 25.2 Å². The Morgan fingerprint density at radius 3 is 2.92 bits per heavy atom. The van der Waals surface area contributed by atoms with Crippen LogP contribution in [-0.4, -0.2) is 21.3 Å². The van der Waals surface area contributed by atoms with Gasteiger partial charge < -0.3 is 5.73 Å². The maximum absolute atomic E-state index is 5.44. The fourth-order valence-corrected chi connectivity index (χ4v) is 1.24. The van der Waals surface area contributed by atoms with Crippen molar-refractivity contribution in [1.82, 2.24) is 14.8 Å². The fourth-order valence-electron chi connectivity index (χ4n) is 1.24. The van der Waals surface area contributed by atoms with Crippen LogP contribution in [-0.2, 0) is 13.0 Å². The van der Waals surface area contributed by atoms with Crippen molar-refractivity contribution in [2.45, 2.75) is 33.2 Å². The molecular weight excluding hydrogens is 164 g/mol. The van der Waals surface area contributed by atoms with Gasteiger partial charge in [-0.05, 0) is 18.9 Å². The van der Waals surface area contributed by atoms with Gasteiger partial charge in [-0.2, -0.15) is 5.10 Å². The molecule has 1 heterocycles. The lowest BCUT2D eigenvalue weighted by Crippen LogP contribution is -2.11. The molecule has 0 atom stereocenters. The van der Waals surface area contributed by atoms with Crippen LogP contribution in [0.4, 0.5) is 0 Å². The summed E-state index contributed by atoms with van der Waals surface area (Å²) in [6.45, 7) is 6.01. The first kappa shape index (κ1) is 10.2. The van der Waals surface area contributed by atoms with Gasteiger partial charge in [-0.3, -0.25) is 0 Å². The molecule has 4 heteroatoms. The van der Waals surface area contributed by atoms with Crippen LogP contribution in [0, 0.1) is 5.92 Å². The van der Waals surface area contributed by atoms with Crippen molar-refractivity contribution in [3.8, 4) is 0 Å². The Morgan fingerprint density at radius 1 is 1.54 bits per heavy atom. The van der Waals surface area contributed by atoms with E-state index >= 15 is 0 Å². The van der Waals surface area contributed by atoms with E-state index in [4.69, 9.17) is 5.73 Å². The third kappa shape index (κ3) is 3.14. The summed E-state index contributed by atoms with van der Waals surface area (Å²) >= 11 is 0. The number of hydrogen-bond donors (Lipinski definition) is 1. The smallest absolute Gasteiger partial charge is 0.138 e. The summed E-state index contributed by atoms with van der Waals surface area (Å²) in [5, 5.41) is 4.17. The van der Waals surface area contributed by atoms with Gasteiger partial charge in [-0.15, -0.1) is 0 Å². The minimum Gasteiger partial charge on any atom is -0.330 e. The quantitative estimate of drug-likeness (QED) is 0.733. The Hall–Kier alpha value is -0.900. The fraction of sp³-hybridized carbons (Fsp3) is 0.778. The molecule has 0 saturated carbocycles. The molecule has 0 spiro atoms. The SMILES string of the molecule is CC(C)Cn1ncnc1CCCN. The van der Waals surface area contributed by atoms with Crippen LogP contribution < -0.4 is 5.73 Å². The summed E-state index contributed by atoms with van der Waals surface area (Å²) in [7, 11) is 0. The lowest BCUT2D eigenvalue weighted by molar-refractivity contribution is 0.464. The largest absolute Gasteiger partial charge is 0.330 e. The maximum atomic E-state index is 5.44. The second-order valence-corrected chi connectivity index (χ2v) is 3.64. The zero-order chi connectivity index (χ0) is 9.68. The van der Waals surface area contributed by atoms with Gasteiger partial charge in [-0.1, -0.05) is 13.8 Å². The molecule has 0 amide bonds. The van der Waals surface area contributed by atoms with E-state index in [1.54, 1.807) is 6.33 Å². The van der Waals surface area contributed by atoms with Crippen molar-refractivity contribution >= 4 is 0 Å². The van der Waals surface area contributed by atoms with Gasteiger partial charge in [0.15, 0.2) is 0 Å². The lowest BCUT2D eigenvalue weighted by Gasteiger charge is -2.07. The molecule has 0 saturated heterocycles. The second kappa shape index (κ2) is 4.97. The number of aryl methyl sites for hydroxylation is 1. The van der Waals surface area contributed by atoms with Gasteiger partial charge in [0.25, 0.3) is 0 Å². The van der Waals surface area contributed by atoms with Gasteiger partial charge in [0.2, 0.25) is 0 Å². The van der Waals surface area contributed by atoms with Crippen LogP contribution in [0.1, 0.15) is 26.1 Å². The summed E-state index contributed by atoms with van der Waals surface area (Å²) < 4.78 is 1.97. The molecule has 13 heavy (non-hydrogen) atoms. The number of aromatic nitrogens is 3. The first-order valence-electron chi connectivity index (χ1n) is 4.80. The summed E-state index contributed by atoms with van der Waals surface area (Å²) in [5.41, 5.74) is 5.44. The molecule has 0 fully saturated rings. The average molecular weight is 182 g/mol. The zero-order valence-corrected chi connectivity index (χ0v) is 8.40. The van der Waals surface area contributed by atoms with Gasteiger partial charge in [-0.25, -0.2) is 9.67 Å². The van der Waals surface area contributed by atoms with Crippen LogP contribution in [0.5, 0.6) is 0 Å². The van der Waals surface area contributed by atoms with Crippen LogP contribution in [0.3, 0.4) is 0 Å². The van der Waals surface area contributed by atoms with Crippen LogP contribution in [0.15, 0.2) is 6.33 Å². The average Bonchev–Trinajstić information content (AvgIpc) is 2.48. The molecule has 2 N–H and O–H groups in total. The topological polar surface area (TPSA) is 56.7 Å². The van der Waals surface area contributed by atoms with E-state index in [9.17, 15) is 0 Å². The minimum absolute atomic E-state index is 0.610. The summed E-state index contributed by atoms with van der Waals surface area (Å²) in [6.07, 6.45) is 3.54. The highest BCUT2D eigenvalue weighted by Crippen LogP contribution is 2.02. The predicted molar refractivity (Wildman–Crippen MR) is 52.2 cm³/mol. The molecule has 74 valence electrons. The molecule has 0 aliphatic carbocycles. The first-order valence-corrected chi connectivity index (χ1v) is 4.80. The predicted octanol–water partition coefficient (Wildman–Crippen LogP) is 0.825. The van der Waals surface area contributed by atoms with Crippen molar-refractivity contribution in [2.24, 2.45) is 11.7 Å². The molecule has 0 aromatic carbocycles. The lowest BCUT2D eigenvalue weighted by atomic mass is 10.2. The molecule has 0 bridgehead atoms. The summed E-state index contributed by atoms with van der Waals surface area (Å²) in [5.74, 6) is 1.66. The van der Waals surface area contributed by atoms with Crippen molar-refractivity contribution in [3.63, 3.8) is 0 Å².